The first-order chi connectivity index (χ1) is 11.7. The van der Waals surface area contributed by atoms with Gasteiger partial charge in [0.15, 0.2) is 0 Å². The summed E-state index contributed by atoms with van der Waals surface area (Å²) in [5.41, 5.74) is 2.60. The molecule has 1 saturated carbocycles. The summed E-state index contributed by atoms with van der Waals surface area (Å²) < 4.78 is 10.7. The molecule has 0 radical (unpaired) electrons. The predicted molar refractivity (Wildman–Crippen MR) is 95.7 cm³/mol. The van der Waals surface area contributed by atoms with Gasteiger partial charge in [0.05, 0.1) is 23.9 Å². The number of aliphatic imine (C=N–C) groups is 1. The molecule has 0 saturated heterocycles. The van der Waals surface area contributed by atoms with Crippen LogP contribution in [-0.4, -0.2) is 30.4 Å². The van der Waals surface area contributed by atoms with Gasteiger partial charge in [0.1, 0.15) is 11.9 Å². The van der Waals surface area contributed by atoms with Gasteiger partial charge in [-0.05, 0) is 47.6 Å². The molecule has 1 fully saturated rings. The van der Waals surface area contributed by atoms with Crippen molar-refractivity contribution >= 4 is 23.3 Å². The second kappa shape index (κ2) is 7.39. The summed E-state index contributed by atoms with van der Waals surface area (Å²) >= 11 is 4.57. The number of hydrogen-bond donors (Lipinski definition) is 0. The van der Waals surface area contributed by atoms with Gasteiger partial charge in [-0.3, -0.25) is 0 Å². The van der Waals surface area contributed by atoms with Crippen LogP contribution >= 0.6 is 12.2 Å². The summed E-state index contributed by atoms with van der Waals surface area (Å²) in [4.78, 5) is 16.1. The summed E-state index contributed by atoms with van der Waals surface area (Å²) in [6, 6.07) is 15.3. The summed E-state index contributed by atoms with van der Waals surface area (Å²) in [5, 5.41) is 2.36. The number of benzene rings is 2. The van der Waals surface area contributed by atoms with Gasteiger partial charge in [-0.25, -0.2) is 9.79 Å². The van der Waals surface area contributed by atoms with E-state index in [9.17, 15) is 4.79 Å². The first kappa shape index (κ1) is 16.4. The topological polar surface area (TPSA) is 47.9 Å². The highest BCUT2D eigenvalue weighted by atomic mass is 32.1. The van der Waals surface area contributed by atoms with Crippen molar-refractivity contribution in [2.45, 2.75) is 25.0 Å². The number of methoxy groups -OCH3 is 1. The lowest BCUT2D eigenvalue weighted by Crippen LogP contribution is -2.35. The van der Waals surface area contributed by atoms with Crippen LogP contribution in [-0.2, 0) is 4.74 Å². The van der Waals surface area contributed by atoms with E-state index in [-0.39, 0.29) is 18.1 Å². The lowest BCUT2D eigenvalue weighted by molar-refractivity contribution is 0.00361. The highest BCUT2D eigenvalue weighted by Crippen LogP contribution is 2.28. The molecule has 4 nitrogen and oxygen atoms in total. The van der Waals surface area contributed by atoms with Crippen molar-refractivity contribution in [2.24, 2.45) is 4.99 Å². The molecule has 2 aromatic rings. The van der Waals surface area contributed by atoms with E-state index in [1.807, 2.05) is 36.4 Å². The van der Waals surface area contributed by atoms with Gasteiger partial charge >= 0.3 is 5.97 Å². The van der Waals surface area contributed by atoms with Crippen LogP contribution in [0.2, 0.25) is 0 Å². The molecule has 0 aromatic heterocycles. The Labute approximate surface area is 146 Å². The second-order valence-corrected chi connectivity index (χ2v) is 5.86. The molecular weight excluding hydrogens is 322 g/mol. The minimum Gasteiger partial charge on any atom is -0.497 e. The molecule has 0 unspecified atom stereocenters. The van der Waals surface area contributed by atoms with Crippen LogP contribution in [0.15, 0.2) is 53.5 Å². The van der Waals surface area contributed by atoms with Crippen LogP contribution in [0.3, 0.4) is 0 Å². The van der Waals surface area contributed by atoms with E-state index in [0.29, 0.717) is 5.56 Å². The minimum atomic E-state index is -0.304. The van der Waals surface area contributed by atoms with Crippen molar-refractivity contribution in [1.82, 2.24) is 0 Å². The van der Waals surface area contributed by atoms with Crippen LogP contribution in [0, 0.1) is 0 Å². The van der Waals surface area contributed by atoms with Gasteiger partial charge in [-0.1, -0.05) is 24.3 Å². The smallest absolute Gasteiger partial charge is 0.338 e. The highest BCUT2D eigenvalue weighted by molar-refractivity contribution is 7.78. The Morgan fingerprint density at radius 2 is 1.92 bits per heavy atom. The molecule has 5 heteroatoms. The van der Waals surface area contributed by atoms with E-state index in [0.717, 1.165) is 29.7 Å². The first-order valence-electron chi connectivity index (χ1n) is 7.72. The van der Waals surface area contributed by atoms with Crippen molar-refractivity contribution in [1.29, 1.82) is 0 Å². The van der Waals surface area contributed by atoms with Crippen LogP contribution in [0.1, 0.15) is 23.2 Å². The molecule has 0 spiro atoms. The van der Waals surface area contributed by atoms with Gasteiger partial charge in [-0.15, -0.1) is 0 Å². The number of rotatable bonds is 5. The molecule has 1 aliphatic carbocycles. The van der Waals surface area contributed by atoms with Crippen molar-refractivity contribution in [3.63, 3.8) is 0 Å². The fourth-order valence-corrected chi connectivity index (χ4v) is 2.78. The summed E-state index contributed by atoms with van der Waals surface area (Å²) in [6.45, 7) is 0. The molecule has 0 bridgehead atoms. The number of carbonyl (C=O) groups is 1. The van der Waals surface area contributed by atoms with Gasteiger partial charge < -0.3 is 9.47 Å². The molecule has 0 atom stereocenters. The average Bonchev–Trinajstić information content (AvgIpc) is 2.60. The van der Waals surface area contributed by atoms with E-state index >= 15 is 0 Å². The Kier molecular flexibility index (Phi) is 5.04. The molecule has 0 heterocycles. The molecule has 3 rings (SSSR count). The predicted octanol–water partition coefficient (Wildman–Crippen LogP) is 4.15. The third-order valence-electron chi connectivity index (χ3n) is 4.10. The fourth-order valence-electron chi connectivity index (χ4n) is 2.63. The largest absolute Gasteiger partial charge is 0.497 e. The van der Waals surface area contributed by atoms with Gasteiger partial charge in [-0.2, -0.15) is 0 Å². The minimum absolute atomic E-state index is 0.0762. The highest BCUT2D eigenvalue weighted by Gasteiger charge is 2.32. The maximum atomic E-state index is 12.2. The molecule has 0 N–H and O–H groups in total. The number of thiocarbonyl (C=S) groups is 1. The Morgan fingerprint density at radius 1 is 1.17 bits per heavy atom. The zero-order valence-electron chi connectivity index (χ0n) is 13.3. The molecule has 1 aliphatic rings. The molecule has 24 heavy (non-hydrogen) atoms. The normalized spacial score (nSPS) is 18.9. The number of carbonyl (C=O) groups excluding carboxylic acids is 1. The van der Waals surface area contributed by atoms with Crippen molar-refractivity contribution in [3.05, 3.63) is 54.1 Å². The quantitative estimate of drug-likeness (QED) is 0.466. The van der Waals surface area contributed by atoms with Crippen molar-refractivity contribution < 1.29 is 14.3 Å². The maximum absolute atomic E-state index is 12.2. The monoisotopic (exact) mass is 339 g/mol. The zero-order chi connectivity index (χ0) is 16.9. The molecule has 0 amide bonds. The van der Waals surface area contributed by atoms with Gasteiger partial charge in [0, 0.05) is 12.8 Å². The second-order valence-electron chi connectivity index (χ2n) is 5.68. The van der Waals surface area contributed by atoms with Crippen LogP contribution < -0.4 is 4.74 Å². The molecule has 0 aliphatic heterocycles. The lowest BCUT2D eigenvalue weighted by Gasteiger charge is -2.30. The Bertz CT molecular complexity index is 775. The van der Waals surface area contributed by atoms with Crippen molar-refractivity contribution in [3.8, 4) is 16.9 Å². The summed E-state index contributed by atoms with van der Waals surface area (Å²) in [5.74, 6) is 0.497. The lowest BCUT2D eigenvalue weighted by atomic mass is 9.90. The third kappa shape index (κ3) is 3.70. The van der Waals surface area contributed by atoms with Crippen LogP contribution in [0.25, 0.3) is 11.1 Å². The van der Waals surface area contributed by atoms with E-state index in [1.54, 1.807) is 19.2 Å². The fraction of sp³-hybridized carbons (Fsp3) is 0.263. The van der Waals surface area contributed by atoms with Gasteiger partial charge in [0.25, 0.3) is 0 Å². The Balaban J connectivity index is 1.64. The number of nitrogens with zero attached hydrogens (tertiary/aromatic N) is 1. The first-order valence-corrected chi connectivity index (χ1v) is 8.13. The third-order valence-corrected chi connectivity index (χ3v) is 4.21. The SMILES string of the molecule is COc1cccc(-c2ccc(C(=O)OC3CC(N=C=S)C3)cc2)c1. The Hall–Kier alpha value is -2.49. The van der Waals surface area contributed by atoms with Crippen LogP contribution in [0.4, 0.5) is 0 Å². The summed E-state index contributed by atoms with van der Waals surface area (Å²) in [6.07, 6.45) is 1.36. The van der Waals surface area contributed by atoms with E-state index in [2.05, 4.69) is 22.4 Å². The number of isothiocyanates is 1. The van der Waals surface area contributed by atoms with E-state index in [1.165, 1.54) is 0 Å². The van der Waals surface area contributed by atoms with E-state index in [4.69, 9.17) is 9.47 Å². The molecule has 122 valence electrons. The van der Waals surface area contributed by atoms with E-state index < -0.39 is 0 Å². The standard InChI is InChI=1S/C19H17NO3S/c1-22-17-4-2-3-15(9-17)13-5-7-14(8-6-13)19(21)23-18-10-16(11-18)20-12-24/h2-9,16,18H,10-11H2,1H3. The average molecular weight is 339 g/mol. The summed E-state index contributed by atoms with van der Waals surface area (Å²) in [7, 11) is 1.64. The van der Waals surface area contributed by atoms with Gasteiger partial charge in [0.2, 0.25) is 0 Å². The number of ether oxygens (including phenoxy) is 2. The molecular formula is C19H17NO3S. The van der Waals surface area contributed by atoms with Crippen LogP contribution in [0.5, 0.6) is 5.75 Å². The maximum Gasteiger partial charge on any atom is 0.338 e. The number of esters is 1. The Morgan fingerprint density at radius 3 is 2.58 bits per heavy atom. The van der Waals surface area contributed by atoms with Crippen molar-refractivity contribution in [2.75, 3.05) is 7.11 Å². The molecule has 2 aromatic carbocycles. The number of hydrogen-bond acceptors (Lipinski definition) is 5. The zero-order valence-corrected chi connectivity index (χ0v) is 14.1.